The second-order valence-corrected chi connectivity index (χ2v) is 8.39. The highest BCUT2D eigenvalue weighted by Gasteiger charge is 2.45. The predicted molar refractivity (Wildman–Crippen MR) is 98.8 cm³/mol. The van der Waals surface area contributed by atoms with Crippen LogP contribution in [0.3, 0.4) is 0 Å². The van der Waals surface area contributed by atoms with E-state index in [9.17, 15) is 0 Å². The van der Waals surface area contributed by atoms with Crippen molar-refractivity contribution in [1.82, 2.24) is 0 Å². The Morgan fingerprint density at radius 3 is 1.33 bits per heavy atom. The van der Waals surface area contributed by atoms with Crippen LogP contribution in [0.25, 0.3) is 0 Å². The van der Waals surface area contributed by atoms with Crippen LogP contribution in [-0.2, 0) is 0 Å². The Kier molecular flexibility index (Phi) is 8.59. The first-order valence-corrected chi connectivity index (χ1v) is 9.70. The summed E-state index contributed by atoms with van der Waals surface area (Å²) >= 11 is 0. The summed E-state index contributed by atoms with van der Waals surface area (Å²) in [7, 11) is 0. The first-order valence-electron chi connectivity index (χ1n) is 9.70. The summed E-state index contributed by atoms with van der Waals surface area (Å²) in [5, 5.41) is 0. The molecule has 0 fully saturated rings. The van der Waals surface area contributed by atoms with Crippen molar-refractivity contribution in [3.63, 3.8) is 0 Å². The second-order valence-electron chi connectivity index (χ2n) is 8.39. The van der Waals surface area contributed by atoms with Gasteiger partial charge in [0.2, 0.25) is 0 Å². The predicted octanol–water partition coefficient (Wildman–Crippen LogP) is 7.86. The van der Waals surface area contributed by atoms with E-state index in [1.165, 1.54) is 51.4 Å². The fourth-order valence-corrected chi connectivity index (χ4v) is 4.28. The Hall–Kier alpha value is 0. The minimum absolute atomic E-state index is 0.492. The molecule has 0 saturated heterocycles. The van der Waals surface area contributed by atoms with Crippen LogP contribution in [0.4, 0.5) is 0 Å². The number of hydrogen-bond donors (Lipinski definition) is 0. The standard InChI is InChI=1S/C21H44/c1-10-16-21(9,15-6)18(20(8,13-4)14-5)17-19(7,11-2)12-3/h18H,10-17H2,1-9H3. The summed E-state index contributed by atoms with van der Waals surface area (Å²) in [4.78, 5) is 0. The normalized spacial score (nSPS) is 17.6. The average Bonchev–Trinajstić information content (AvgIpc) is 2.51. The molecule has 2 unspecified atom stereocenters. The Morgan fingerprint density at radius 2 is 1.05 bits per heavy atom. The van der Waals surface area contributed by atoms with Crippen LogP contribution in [0, 0.1) is 22.2 Å². The van der Waals surface area contributed by atoms with Crippen molar-refractivity contribution in [1.29, 1.82) is 0 Å². The third-order valence-corrected chi connectivity index (χ3v) is 7.33. The van der Waals surface area contributed by atoms with E-state index in [-0.39, 0.29) is 0 Å². The fraction of sp³-hybridized carbons (Fsp3) is 1.00. The molecule has 128 valence electrons. The van der Waals surface area contributed by atoms with E-state index < -0.39 is 0 Å². The van der Waals surface area contributed by atoms with Gasteiger partial charge in [-0.3, -0.25) is 0 Å². The molecule has 0 aromatic carbocycles. The lowest BCUT2D eigenvalue weighted by atomic mass is 9.54. The summed E-state index contributed by atoms with van der Waals surface area (Å²) < 4.78 is 0. The molecule has 0 aliphatic rings. The molecule has 0 amide bonds. The maximum atomic E-state index is 2.58. The van der Waals surface area contributed by atoms with Crippen LogP contribution < -0.4 is 0 Å². The maximum absolute atomic E-state index is 2.58. The lowest BCUT2D eigenvalue weighted by Gasteiger charge is -2.51. The highest BCUT2D eigenvalue weighted by Crippen LogP contribution is 2.54. The molecule has 2 atom stereocenters. The van der Waals surface area contributed by atoms with Crippen molar-refractivity contribution in [3.8, 4) is 0 Å². The van der Waals surface area contributed by atoms with Gasteiger partial charge in [-0.15, -0.1) is 0 Å². The molecule has 0 aliphatic heterocycles. The van der Waals surface area contributed by atoms with Gasteiger partial charge >= 0.3 is 0 Å². The van der Waals surface area contributed by atoms with E-state index in [0.717, 1.165) is 5.92 Å². The zero-order chi connectivity index (χ0) is 16.7. The molecule has 0 bridgehead atoms. The molecular formula is C21H44. The molecule has 0 aromatic rings. The minimum atomic E-state index is 0.492. The van der Waals surface area contributed by atoms with E-state index >= 15 is 0 Å². The lowest BCUT2D eigenvalue weighted by Crippen LogP contribution is -2.42. The largest absolute Gasteiger partial charge is 0.0654 e. The monoisotopic (exact) mass is 296 g/mol. The van der Waals surface area contributed by atoms with Crippen LogP contribution in [-0.4, -0.2) is 0 Å². The van der Waals surface area contributed by atoms with Crippen LogP contribution in [0.2, 0.25) is 0 Å². The Morgan fingerprint density at radius 1 is 0.619 bits per heavy atom. The second kappa shape index (κ2) is 8.59. The Bertz CT molecular complexity index is 270. The quantitative estimate of drug-likeness (QED) is 0.364. The van der Waals surface area contributed by atoms with Crippen molar-refractivity contribution in [3.05, 3.63) is 0 Å². The molecule has 0 spiro atoms. The van der Waals surface area contributed by atoms with Gasteiger partial charge in [-0.25, -0.2) is 0 Å². The average molecular weight is 297 g/mol. The molecule has 0 nitrogen and oxygen atoms in total. The summed E-state index contributed by atoms with van der Waals surface area (Å²) in [5.74, 6) is 0.842. The number of rotatable bonds is 11. The first-order chi connectivity index (χ1) is 9.70. The van der Waals surface area contributed by atoms with Crippen LogP contribution in [0.1, 0.15) is 114 Å². The molecule has 0 N–H and O–H groups in total. The van der Waals surface area contributed by atoms with Gasteiger partial charge in [0, 0.05) is 0 Å². The third-order valence-electron chi connectivity index (χ3n) is 7.33. The van der Waals surface area contributed by atoms with E-state index in [4.69, 9.17) is 0 Å². The highest BCUT2D eigenvalue weighted by molar-refractivity contribution is 4.94. The first kappa shape index (κ1) is 21.0. The third kappa shape index (κ3) is 5.00. The maximum Gasteiger partial charge on any atom is -0.0295 e. The van der Waals surface area contributed by atoms with E-state index in [0.29, 0.717) is 16.2 Å². The van der Waals surface area contributed by atoms with Crippen LogP contribution in [0.5, 0.6) is 0 Å². The molecular weight excluding hydrogens is 252 g/mol. The topological polar surface area (TPSA) is 0 Å². The SMILES string of the molecule is CCCC(C)(CC)C(CC(C)(CC)CC)C(C)(CC)CC. The van der Waals surface area contributed by atoms with Gasteiger partial charge in [-0.2, -0.15) is 0 Å². The van der Waals surface area contributed by atoms with Crippen molar-refractivity contribution in [2.75, 3.05) is 0 Å². The van der Waals surface area contributed by atoms with Gasteiger partial charge in [-0.1, -0.05) is 101 Å². The summed E-state index contributed by atoms with van der Waals surface area (Å²) in [6.07, 6.45) is 10.7. The lowest BCUT2D eigenvalue weighted by molar-refractivity contribution is -0.0115. The van der Waals surface area contributed by atoms with Crippen LogP contribution >= 0.6 is 0 Å². The zero-order valence-electron chi connectivity index (χ0n) is 16.7. The van der Waals surface area contributed by atoms with Gasteiger partial charge in [0.25, 0.3) is 0 Å². The van der Waals surface area contributed by atoms with E-state index in [1.807, 2.05) is 0 Å². The van der Waals surface area contributed by atoms with Gasteiger partial charge < -0.3 is 0 Å². The van der Waals surface area contributed by atoms with Crippen molar-refractivity contribution >= 4 is 0 Å². The number of hydrogen-bond acceptors (Lipinski definition) is 0. The molecule has 0 saturated carbocycles. The molecule has 0 heteroatoms. The van der Waals surface area contributed by atoms with E-state index in [1.54, 1.807) is 0 Å². The summed E-state index contributed by atoms with van der Waals surface area (Å²) in [6.45, 7) is 22.0. The minimum Gasteiger partial charge on any atom is -0.0654 e. The Labute approximate surface area is 136 Å². The highest BCUT2D eigenvalue weighted by atomic mass is 14.5. The molecule has 0 aliphatic carbocycles. The van der Waals surface area contributed by atoms with Crippen molar-refractivity contribution in [2.24, 2.45) is 22.2 Å². The molecule has 0 aromatic heterocycles. The van der Waals surface area contributed by atoms with Gasteiger partial charge in [0.1, 0.15) is 0 Å². The van der Waals surface area contributed by atoms with Crippen LogP contribution in [0.15, 0.2) is 0 Å². The summed E-state index contributed by atoms with van der Waals surface area (Å²) in [6, 6.07) is 0. The van der Waals surface area contributed by atoms with Gasteiger partial charge in [0.05, 0.1) is 0 Å². The Balaban J connectivity index is 5.67. The van der Waals surface area contributed by atoms with Gasteiger partial charge in [-0.05, 0) is 35.0 Å². The molecule has 21 heavy (non-hydrogen) atoms. The smallest absolute Gasteiger partial charge is 0.0295 e. The van der Waals surface area contributed by atoms with Crippen molar-refractivity contribution in [2.45, 2.75) is 114 Å². The zero-order valence-corrected chi connectivity index (χ0v) is 16.7. The fourth-order valence-electron chi connectivity index (χ4n) is 4.28. The van der Waals surface area contributed by atoms with Gasteiger partial charge in [0.15, 0.2) is 0 Å². The van der Waals surface area contributed by atoms with Crippen molar-refractivity contribution < 1.29 is 0 Å². The molecule has 0 heterocycles. The molecule has 0 radical (unpaired) electrons. The van der Waals surface area contributed by atoms with E-state index in [2.05, 4.69) is 62.3 Å². The molecule has 0 rings (SSSR count). The summed E-state index contributed by atoms with van der Waals surface area (Å²) in [5.41, 5.74) is 1.51.